The van der Waals surface area contributed by atoms with Crippen LogP contribution >= 0.6 is 0 Å². The molecule has 3 aromatic carbocycles. The summed E-state index contributed by atoms with van der Waals surface area (Å²) in [4.78, 5) is 11.8. The Morgan fingerprint density at radius 2 is 1.50 bits per heavy atom. The van der Waals surface area contributed by atoms with Gasteiger partial charge in [-0.25, -0.2) is 4.79 Å². The topological polar surface area (TPSA) is 59.3 Å². The van der Waals surface area contributed by atoms with Gasteiger partial charge in [-0.15, -0.1) is 0 Å². The minimum absolute atomic E-state index is 0.0544. The fourth-order valence-electron chi connectivity index (χ4n) is 2.47. The molecule has 0 atom stereocenters. The zero-order valence-electron chi connectivity index (χ0n) is 14.1. The number of nitriles is 1. The molecule has 3 rings (SSSR count). The van der Waals surface area contributed by atoms with Crippen molar-refractivity contribution in [3.63, 3.8) is 0 Å². The highest BCUT2D eigenvalue weighted by atomic mass is 16.6. The second-order valence-electron chi connectivity index (χ2n) is 5.61. The average molecular weight is 343 g/mol. The Morgan fingerprint density at radius 3 is 2.23 bits per heavy atom. The van der Waals surface area contributed by atoms with Gasteiger partial charge in [-0.2, -0.15) is 5.26 Å². The van der Waals surface area contributed by atoms with Crippen molar-refractivity contribution in [2.45, 2.75) is 6.61 Å². The zero-order valence-corrected chi connectivity index (χ0v) is 14.1. The van der Waals surface area contributed by atoms with Crippen LogP contribution in [0.25, 0.3) is 11.1 Å². The van der Waals surface area contributed by atoms with E-state index in [0.29, 0.717) is 16.9 Å². The summed E-state index contributed by atoms with van der Waals surface area (Å²) in [5.74, 6) is 0.115. The van der Waals surface area contributed by atoms with Crippen LogP contribution in [0.2, 0.25) is 0 Å². The van der Waals surface area contributed by atoms with Crippen molar-refractivity contribution in [3.8, 4) is 22.9 Å². The molecule has 0 saturated carbocycles. The number of carbonyl (C=O) groups excluding carboxylic acids is 1. The van der Waals surface area contributed by atoms with Gasteiger partial charge in [0, 0.05) is 5.56 Å². The first-order valence-corrected chi connectivity index (χ1v) is 8.18. The predicted octanol–water partition coefficient (Wildman–Crippen LogP) is 4.35. The van der Waals surface area contributed by atoms with Crippen molar-refractivity contribution in [3.05, 3.63) is 90.0 Å². The van der Waals surface area contributed by atoms with E-state index < -0.39 is 5.97 Å². The highest BCUT2D eigenvalue weighted by molar-refractivity contribution is 5.71. The van der Waals surface area contributed by atoms with Gasteiger partial charge in [0.2, 0.25) is 0 Å². The summed E-state index contributed by atoms with van der Waals surface area (Å²) in [5.41, 5.74) is 3.37. The number of ether oxygens (including phenoxy) is 2. The van der Waals surface area contributed by atoms with E-state index in [4.69, 9.17) is 14.7 Å². The van der Waals surface area contributed by atoms with Crippen molar-refractivity contribution in [2.75, 3.05) is 6.61 Å². The SMILES string of the molecule is N#Cc1ccccc1COC(=O)COc1ccc(-c2ccccc2)cc1. The fourth-order valence-corrected chi connectivity index (χ4v) is 2.47. The lowest BCUT2D eigenvalue weighted by molar-refractivity contribution is -0.147. The van der Waals surface area contributed by atoms with Gasteiger partial charge < -0.3 is 9.47 Å². The van der Waals surface area contributed by atoms with Crippen molar-refractivity contribution in [1.82, 2.24) is 0 Å². The van der Waals surface area contributed by atoms with Crippen LogP contribution in [0, 0.1) is 11.3 Å². The van der Waals surface area contributed by atoms with Gasteiger partial charge >= 0.3 is 5.97 Å². The third-order valence-electron chi connectivity index (χ3n) is 3.84. The number of rotatable bonds is 6. The summed E-state index contributed by atoms with van der Waals surface area (Å²) in [6.07, 6.45) is 0. The summed E-state index contributed by atoms with van der Waals surface area (Å²) in [5, 5.41) is 9.03. The molecule has 4 heteroatoms. The average Bonchev–Trinajstić information content (AvgIpc) is 2.72. The van der Waals surface area contributed by atoms with Crippen LogP contribution in [-0.4, -0.2) is 12.6 Å². The molecule has 0 radical (unpaired) electrons. The van der Waals surface area contributed by atoms with Gasteiger partial charge in [-0.1, -0.05) is 60.7 Å². The number of carbonyl (C=O) groups is 1. The third-order valence-corrected chi connectivity index (χ3v) is 3.84. The van der Waals surface area contributed by atoms with Gasteiger partial charge in [0.1, 0.15) is 12.4 Å². The summed E-state index contributed by atoms with van der Waals surface area (Å²) in [7, 11) is 0. The molecule has 0 aliphatic rings. The molecule has 0 fully saturated rings. The monoisotopic (exact) mass is 343 g/mol. The Kier molecular flexibility index (Phi) is 5.64. The molecule has 3 aromatic rings. The van der Waals surface area contributed by atoms with Crippen molar-refractivity contribution < 1.29 is 14.3 Å². The standard InChI is InChI=1S/C22H17NO3/c23-14-19-8-4-5-9-20(19)15-26-22(24)16-25-21-12-10-18(11-13-21)17-6-2-1-3-7-17/h1-13H,15-16H2. The number of hydrogen-bond donors (Lipinski definition) is 0. The Balaban J connectivity index is 1.51. The third kappa shape index (κ3) is 4.49. The summed E-state index contributed by atoms with van der Waals surface area (Å²) < 4.78 is 10.6. The fraction of sp³-hybridized carbons (Fsp3) is 0.0909. The number of esters is 1. The molecule has 0 bridgehead atoms. The molecule has 0 aliphatic carbocycles. The summed E-state index contributed by atoms with van der Waals surface area (Å²) in [6.45, 7) is -0.127. The van der Waals surface area contributed by atoms with Crippen molar-refractivity contribution in [2.24, 2.45) is 0 Å². The summed E-state index contributed by atoms with van der Waals surface area (Å²) >= 11 is 0. The smallest absolute Gasteiger partial charge is 0.344 e. The summed E-state index contributed by atoms with van der Waals surface area (Å²) in [6, 6.07) is 26.6. The number of benzene rings is 3. The molecule has 4 nitrogen and oxygen atoms in total. The van der Waals surface area contributed by atoms with E-state index in [1.165, 1.54) is 0 Å². The molecule has 0 spiro atoms. The largest absolute Gasteiger partial charge is 0.482 e. The normalized spacial score (nSPS) is 9.96. The first-order valence-electron chi connectivity index (χ1n) is 8.18. The minimum atomic E-state index is -0.482. The molecule has 128 valence electrons. The molecule has 0 aromatic heterocycles. The lowest BCUT2D eigenvalue weighted by atomic mass is 10.1. The molecule has 0 amide bonds. The highest BCUT2D eigenvalue weighted by Crippen LogP contribution is 2.22. The molecule has 0 N–H and O–H groups in total. The molecule has 26 heavy (non-hydrogen) atoms. The maximum Gasteiger partial charge on any atom is 0.344 e. The van der Waals surface area contributed by atoms with Crippen LogP contribution in [0.3, 0.4) is 0 Å². The quantitative estimate of drug-likeness (QED) is 0.625. The van der Waals surface area contributed by atoms with Crippen molar-refractivity contribution >= 4 is 5.97 Å². The van der Waals surface area contributed by atoms with Crippen LogP contribution in [0.1, 0.15) is 11.1 Å². The van der Waals surface area contributed by atoms with E-state index in [1.54, 1.807) is 24.3 Å². The molecular weight excluding hydrogens is 326 g/mol. The highest BCUT2D eigenvalue weighted by Gasteiger charge is 2.07. The van der Waals surface area contributed by atoms with E-state index in [-0.39, 0.29) is 13.2 Å². The molecule has 0 saturated heterocycles. The van der Waals surface area contributed by atoms with Crippen LogP contribution in [-0.2, 0) is 16.1 Å². The maximum absolute atomic E-state index is 11.8. The molecule has 0 aliphatic heterocycles. The first kappa shape index (κ1) is 17.2. The van der Waals surface area contributed by atoms with Crippen LogP contribution in [0.5, 0.6) is 5.75 Å². The Morgan fingerprint density at radius 1 is 0.846 bits per heavy atom. The Bertz CT molecular complexity index is 912. The van der Waals surface area contributed by atoms with Gasteiger partial charge in [-0.05, 0) is 29.3 Å². The van der Waals surface area contributed by atoms with E-state index in [1.807, 2.05) is 54.6 Å². The Hall–Kier alpha value is -3.58. The first-order chi connectivity index (χ1) is 12.8. The van der Waals surface area contributed by atoms with E-state index in [0.717, 1.165) is 11.1 Å². The maximum atomic E-state index is 11.8. The second-order valence-corrected chi connectivity index (χ2v) is 5.61. The van der Waals surface area contributed by atoms with Gasteiger partial charge in [-0.3, -0.25) is 0 Å². The number of nitrogens with zero attached hydrogens (tertiary/aromatic N) is 1. The molecule has 0 heterocycles. The predicted molar refractivity (Wildman–Crippen MR) is 98.3 cm³/mol. The van der Waals surface area contributed by atoms with E-state index in [2.05, 4.69) is 6.07 Å². The minimum Gasteiger partial charge on any atom is -0.482 e. The zero-order chi connectivity index (χ0) is 18.2. The second kappa shape index (κ2) is 8.50. The van der Waals surface area contributed by atoms with Crippen LogP contribution in [0.15, 0.2) is 78.9 Å². The lowest BCUT2D eigenvalue weighted by Crippen LogP contribution is -2.15. The molecular formula is C22H17NO3. The van der Waals surface area contributed by atoms with Crippen LogP contribution < -0.4 is 4.74 Å². The van der Waals surface area contributed by atoms with Gasteiger partial charge in [0.25, 0.3) is 0 Å². The van der Waals surface area contributed by atoms with Gasteiger partial charge in [0.15, 0.2) is 6.61 Å². The van der Waals surface area contributed by atoms with Crippen LogP contribution in [0.4, 0.5) is 0 Å². The van der Waals surface area contributed by atoms with Gasteiger partial charge in [0.05, 0.1) is 11.6 Å². The lowest BCUT2D eigenvalue weighted by Gasteiger charge is -2.09. The Labute approximate surface area is 152 Å². The van der Waals surface area contributed by atoms with E-state index >= 15 is 0 Å². The number of hydrogen-bond acceptors (Lipinski definition) is 4. The van der Waals surface area contributed by atoms with Crippen molar-refractivity contribution in [1.29, 1.82) is 5.26 Å². The van der Waals surface area contributed by atoms with E-state index in [9.17, 15) is 4.79 Å². The molecule has 0 unspecified atom stereocenters.